The first kappa shape index (κ1) is 18.5. The third-order valence-corrected chi connectivity index (χ3v) is 5.68. The molecule has 6 rings (SSSR count). The molecular formula is C23H13F2N3O4. The monoisotopic (exact) mass is 433 g/mol. The minimum Gasteiger partial charge on any atom is -0.408 e. The fourth-order valence-electron chi connectivity index (χ4n) is 4.23. The Morgan fingerprint density at radius 1 is 1.06 bits per heavy atom. The van der Waals surface area contributed by atoms with E-state index in [9.17, 15) is 18.4 Å². The lowest BCUT2D eigenvalue weighted by atomic mass is 10.1. The number of hydrogen-bond acceptors (Lipinski definition) is 5. The van der Waals surface area contributed by atoms with Crippen molar-refractivity contribution in [2.45, 2.75) is 13.5 Å². The summed E-state index contributed by atoms with van der Waals surface area (Å²) in [5.74, 6) is -1.79. The molecule has 0 radical (unpaired) electrons. The number of benzene rings is 2. The van der Waals surface area contributed by atoms with Gasteiger partial charge in [-0.05, 0) is 42.8 Å². The number of aromatic amines is 1. The second-order valence-corrected chi connectivity index (χ2v) is 7.63. The van der Waals surface area contributed by atoms with Crippen molar-refractivity contribution >= 4 is 44.0 Å². The molecule has 4 aromatic heterocycles. The van der Waals surface area contributed by atoms with E-state index in [1.807, 2.05) is 0 Å². The van der Waals surface area contributed by atoms with Gasteiger partial charge in [0.2, 0.25) is 5.71 Å². The zero-order chi connectivity index (χ0) is 22.1. The zero-order valence-electron chi connectivity index (χ0n) is 16.5. The molecule has 4 heterocycles. The summed E-state index contributed by atoms with van der Waals surface area (Å²) in [5, 5.41) is 1.77. The highest BCUT2D eigenvalue weighted by Gasteiger charge is 2.21. The number of rotatable bonds is 2. The van der Waals surface area contributed by atoms with Crippen LogP contribution in [0.15, 0.2) is 61.0 Å². The molecule has 9 heteroatoms. The van der Waals surface area contributed by atoms with E-state index in [2.05, 4.69) is 9.97 Å². The molecule has 0 fully saturated rings. The Bertz CT molecular complexity index is 1840. The van der Waals surface area contributed by atoms with Gasteiger partial charge in [0.1, 0.15) is 17.2 Å². The van der Waals surface area contributed by atoms with E-state index in [4.69, 9.17) is 8.83 Å². The Labute approximate surface area is 176 Å². The van der Waals surface area contributed by atoms with Crippen LogP contribution in [0.25, 0.3) is 44.0 Å². The maximum Gasteiger partial charge on any atom is 0.417 e. The molecule has 0 aliphatic carbocycles. The van der Waals surface area contributed by atoms with Gasteiger partial charge in [0.25, 0.3) is 0 Å². The number of aryl methyl sites for hydroxylation is 1. The van der Waals surface area contributed by atoms with E-state index in [0.29, 0.717) is 32.8 Å². The van der Waals surface area contributed by atoms with Gasteiger partial charge in [-0.25, -0.2) is 23.4 Å². The van der Waals surface area contributed by atoms with Gasteiger partial charge in [-0.15, -0.1) is 0 Å². The minimum atomic E-state index is -0.703. The van der Waals surface area contributed by atoms with Crippen molar-refractivity contribution < 1.29 is 17.6 Å². The van der Waals surface area contributed by atoms with E-state index >= 15 is 0 Å². The maximum atomic E-state index is 14.8. The second-order valence-electron chi connectivity index (χ2n) is 7.63. The Hall–Kier alpha value is -4.27. The van der Waals surface area contributed by atoms with Crippen LogP contribution in [0, 0.1) is 18.6 Å². The molecule has 0 bridgehead atoms. The fourth-order valence-corrected chi connectivity index (χ4v) is 4.23. The Balaban J connectivity index is 1.73. The standard InChI is InChI=1S/C23H13F2N3O4/c1-10-5-13-17(7-14(10)24)28(9-11-6-16-18(8-15(11)25)31-23(30)27-16)20-19(13)12-3-2-4-26-21(12)32-22(20)29/h2-8H,9H2,1H3,(H,27,30). The molecular weight excluding hydrogens is 420 g/mol. The van der Waals surface area contributed by atoms with Crippen molar-refractivity contribution in [1.82, 2.24) is 14.5 Å². The van der Waals surface area contributed by atoms with E-state index < -0.39 is 23.0 Å². The first-order valence-electron chi connectivity index (χ1n) is 9.72. The van der Waals surface area contributed by atoms with E-state index in [-0.39, 0.29) is 28.9 Å². The predicted molar refractivity (Wildman–Crippen MR) is 114 cm³/mol. The molecule has 0 saturated heterocycles. The SMILES string of the molecule is Cc1cc2c3c4cccnc4oc(=O)c3n(Cc3cc4[nH]c(=O)oc4cc3F)c2cc1F. The van der Waals surface area contributed by atoms with Crippen LogP contribution in [-0.4, -0.2) is 14.5 Å². The molecule has 0 saturated carbocycles. The number of nitrogens with zero attached hydrogens (tertiary/aromatic N) is 2. The summed E-state index contributed by atoms with van der Waals surface area (Å²) in [4.78, 5) is 31.0. The van der Waals surface area contributed by atoms with Gasteiger partial charge in [0.15, 0.2) is 5.58 Å². The van der Waals surface area contributed by atoms with Crippen LogP contribution in [0.1, 0.15) is 11.1 Å². The normalized spacial score (nSPS) is 12.0. The van der Waals surface area contributed by atoms with Gasteiger partial charge in [-0.1, -0.05) is 0 Å². The Morgan fingerprint density at radius 3 is 2.75 bits per heavy atom. The minimum absolute atomic E-state index is 0.0803. The lowest BCUT2D eigenvalue weighted by molar-refractivity contribution is 0.546. The highest BCUT2D eigenvalue weighted by Crippen LogP contribution is 2.34. The fraction of sp³-hybridized carbons (Fsp3) is 0.0870. The van der Waals surface area contributed by atoms with E-state index in [0.717, 1.165) is 6.07 Å². The lowest BCUT2D eigenvalue weighted by Gasteiger charge is -2.09. The van der Waals surface area contributed by atoms with Gasteiger partial charge in [-0.2, -0.15) is 0 Å². The number of nitrogens with one attached hydrogen (secondary N) is 1. The Kier molecular flexibility index (Phi) is 3.68. The van der Waals surface area contributed by atoms with Crippen LogP contribution in [0.3, 0.4) is 0 Å². The van der Waals surface area contributed by atoms with Crippen LogP contribution >= 0.6 is 0 Å². The Morgan fingerprint density at radius 2 is 1.91 bits per heavy atom. The molecule has 1 N–H and O–H groups in total. The number of pyridine rings is 1. The maximum absolute atomic E-state index is 14.8. The quantitative estimate of drug-likeness (QED) is 0.438. The van der Waals surface area contributed by atoms with Gasteiger partial charge >= 0.3 is 11.4 Å². The number of fused-ring (bicyclic) bond motifs is 6. The smallest absolute Gasteiger partial charge is 0.408 e. The van der Waals surface area contributed by atoms with Gasteiger partial charge in [-0.3, -0.25) is 4.98 Å². The molecule has 0 amide bonds. The number of halogens is 2. The van der Waals surface area contributed by atoms with Crippen molar-refractivity contribution in [1.29, 1.82) is 0 Å². The van der Waals surface area contributed by atoms with Crippen molar-refractivity contribution in [3.63, 3.8) is 0 Å². The van der Waals surface area contributed by atoms with E-state index in [1.54, 1.807) is 25.1 Å². The summed E-state index contributed by atoms with van der Waals surface area (Å²) >= 11 is 0. The third-order valence-electron chi connectivity index (χ3n) is 5.68. The molecule has 158 valence electrons. The van der Waals surface area contributed by atoms with Crippen molar-refractivity contribution in [2.24, 2.45) is 0 Å². The first-order valence-corrected chi connectivity index (χ1v) is 9.72. The van der Waals surface area contributed by atoms with E-state index in [1.165, 1.54) is 22.9 Å². The number of oxazole rings is 1. The second kappa shape index (κ2) is 6.36. The summed E-state index contributed by atoms with van der Waals surface area (Å²) in [7, 11) is 0. The predicted octanol–water partition coefficient (Wildman–Crippen LogP) is 4.37. The van der Waals surface area contributed by atoms with Gasteiger partial charge < -0.3 is 13.4 Å². The van der Waals surface area contributed by atoms with Crippen LogP contribution in [-0.2, 0) is 6.54 Å². The largest absolute Gasteiger partial charge is 0.417 e. The average molecular weight is 433 g/mol. The molecule has 7 nitrogen and oxygen atoms in total. The topological polar surface area (TPSA) is 94.0 Å². The van der Waals surface area contributed by atoms with Crippen LogP contribution < -0.4 is 11.4 Å². The zero-order valence-corrected chi connectivity index (χ0v) is 16.5. The molecule has 32 heavy (non-hydrogen) atoms. The van der Waals surface area contributed by atoms with Crippen molar-refractivity contribution in [3.05, 3.63) is 86.3 Å². The highest BCUT2D eigenvalue weighted by molar-refractivity contribution is 6.18. The highest BCUT2D eigenvalue weighted by atomic mass is 19.1. The molecule has 0 unspecified atom stereocenters. The van der Waals surface area contributed by atoms with Crippen LogP contribution in [0.4, 0.5) is 8.78 Å². The van der Waals surface area contributed by atoms with Gasteiger partial charge in [0, 0.05) is 34.0 Å². The molecule has 0 spiro atoms. The molecule has 6 aromatic rings. The number of aromatic nitrogens is 3. The number of H-pyrrole nitrogens is 1. The summed E-state index contributed by atoms with van der Waals surface area (Å²) in [6, 6.07) is 8.99. The molecule has 0 atom stereocenters. The molecule has 2 aromatic carbocycles. The van der Waals surface area contributed by atoms with Gasteiger partial charge in [0.05, 0.1) is 17.6 Å². The number of hydrogen-bond donors (Lipinski definition) is 1. The summed E-state index contributed by atoms with van der Waals surface area (Å²) < 4.78 is 41.2. The van der Waals surface area contributed by atoms with Crippen molar-refractivity contribution in [3.8, 4) is 0 Å². The third kappa shape index (κ3) is 2.54. The first-order chi connectivity index (χ1) is 15.4. The summed E-state index contributed by atoms with van der Waals surface area (Å²) in [6.45, 7) is 1.53. The average Bonchev–Trinajstić information content (AvgIpc) is 3.26. The van der Waals surface area contributed by atoms with Crippen LogP contribution in [0.2, 0.25) is 0 Å². The molecule has 0 aliphatic heterocycles. The summed E-state index contributed by atoms with van der Waals surface area (Å²) in [6.07, 6.45) is 1.51. The lowest BCUT2D eigenvalue weighted by Crippen LogP contribution is -2.09. The van der Waals surface area contributed by atoms with Crippen molar-refractivity contribution in [2.75, 3.05) is 0 Å². The summed E-state index contributed by atoms with van der Waals surface area (Å²) in [5.41, 5.74) is 1.06. The molecule has 0 aliphatic rings. The van der Waals surface area contributed by atoms with Crippen LogP contribution in [0.5, 0.6) is 0 Å².